The molecule has 2 rings (SSSR count). The highest BCUT2D eigenvalue weighted by molar-refractivity contribution is 5.29. The number of nitrogens with one attached hydrogen (secondary N) is 1. The summed E-state index contributed by atoms with van der Waals surface area (Å²) in [5.74, 6) is 1.64. The summed E-state index contributed by atoms with van der Waals surface area (Å²) in [6, 6.07) is 0.295. The lowest BCUT2D eigenvalue weighted by Crippen LogP contribution is -2.24. The predicted molar refractivity (Wildman–Crippen MR) is 75.6 cm³/mol. The lowest BCUT2D eigenvalue weighted by atomic mass is 10.0. The first-order valence-corrected chi connectivity index (χ1v) is 7.06. The van der Waals surface area contributed by atoms with Crippen LogP contribution in [0.25, 0.3) is 0 Å². The van der Waals surface area contributed by atoms with E-state index in [4.69, 9.17) is 9.47 Å². The van der Waals surface area contributed by atoms with Crippen molar-refractivity contribution in [3.8, 4) is 0 Å². The molecule has 1 unspecified atom stereocenters. The van der Waals surface area contributed by atoms with E-state index in [1.54, 1.807) is 7.11 Å². The van der Waals surface area contributed by atoms with Crippen molar-refractivity contribution in [2.45, 2.75) is 32.7 Å². The van der Waals surface area contributed by atoms with E-state index in [1.807, 2.05) is 6.92 Å². The number of imidazole rings is 1. The molecule has 0 aliphatic carbocycles. The second-order valence-corrected chi connectivity index (χ2v) is 5.35. The SMILES string of the molecule is COCC(C)n1cc(C)nc1NCC1CCOCC1. The molecule has 108 valence electrons. The van der Waals surface area contributed by atoms with Crippen molar-refractivity contribution in [3.63, 3.8) is 0 Å². The van der Waals surface area contributed by atoms with E-state index in [1.165, 1.54) is 0 Å². The molecule has 0 radical (unpaired) electrons. The standard InChI is InChI=1S/C14H25N3O2/c1-11-9-17(12(2)10-18-3)14(16-11)15-8-13-4-6-19-7-5-13/h9,12-13H,4-8,10H2,1-3H3,(H,15,16). The fourth-order valence-corrected chi connectivity index (χ4v) is 2.49. The Morgan fingerprint density at radius 2 is 2.26 bits per heavy atom. The maximum Gasteiger partial charge on any atom is 0.203 e. The zero-order valence-corrected chi connectivity index (χ0v) is 12.2. The molecule has 2 heterocycles. The first-order valence-electron chi connectivity index (χ1n) is 7.06. The van der Waals surface area contributed by atoms with Crippen LogP contribution in [0.3, 0.4) is 0 Å². The minimum Gasteiger partial charge on any atom is -0.383 e. The second kappa shape index (κ2) is 6.91. The third-order valence-corrected chi connectivity index (χ3v) is 3.63. The summed E-state index contributed by atoms with van der Waals surface area (Å²) in [4.78, 5) is 4.56. The van der Waals surface area contributed by atoms with Crippen LogP contribution in [0.15, 0.2) is 6.20 Å². The van der Waals surface area contributed by atoms with Gasteiger partial charge in [0, 0.05) is 33.1 Å². The molecule has 0 aromatic carbocycles. The van der Waals surface area contributed by atoms with Crippen LogP contribution in [0.4, 0.5) is 5.95 Å². The van der Waals surface area contributed by atoms with Gasteiger partial charge in [0.2, 0.25) is 5.95 Å². The van der Waals surface area contributed by atoms with Crippen LogP contribution >= 0.6 is 0 Å². The molecular weight excluding hydrogens is 242 g/mol. The molecule has 1 aliphatic rings. The molecule has 1 aromatic rings. The minimum atomic E-state index is 0.295. The van der Waals surface area contributed by atoms with E-state index in [-0.39, 0.29) is 0 Å². The van der Waals surface area contributed by atoms with Gasteiger partial charge >= 0.3 is 0 Å². The second-order valence-electron chi connectivity index (χ2n) is 5.35. The Balaban J connectivity index is 1.94. The number of ether oxygens (including phenoxy) is 2. The van der Waals surface area contributed by atoms with Crippen LogP contribution in [0.5, 0.6) is 0 Å². The molecule has 1 fully saturated rings. The fraction of sp³-hybridized carbons (Fsp3) is 0.786. The Kier molecular flexibility index (Phi) is 5.22. The fourth-order valence-electron chi connectivity index (χ4n) is 2.49. The van der Waals surface area contributed by atoms with Crippen molar-refractivity contribution >= 4 is 5.95 Å². The topological polar surface area (TPSA) is 48.3 Å². The molecule has 1 atom stereocenters. The summed E-state index contributed by atoms with van der Waals surface area (Å²) in [5, 5.41) is 3.48. The average Bonchev–Trinajstić information content (AvgIpc) is 2.79. The van der Waals surface area contributed by atoms with Gasteiger partial charge in [0.15, 0.2) is 0 Å². The molecule has 1 aliphatic heterocycles. The lowest BCUT2D eigenvalue weighted by Gasteiger charge is -2.23. The zero-order chi connectivity index (χ0) is 13.7. The number of hydrogen-bond donors (Lipinski definition) is 1. The molecule has 5 heteroatoms. The van der Waals surface area contributed by atoms with Crippen molar-refractivity contribution in [2.75, 3.05) is 38.8 Å². The number of hydrogen-bond acceptors (Lipinski definition) is 4. The highest BCUT2D eigenvalue weighted by Crippen LogP contribution is 2.19. The van der Waals surface area contributed by atoms with Crippen LogP contribution in [-0.2, 0) is 9.47 Å². The summed E-state index contributed by atoms with van der Waals surface area (Å²) in [6.45, 7) is 7.61. The van der Waals surface area contributed by atoms with Crippen molar-refractivity contribution in [2.24, 2.45) is 5.92 Å². The van der Waals surface area contributed by atoms with E-state index in [0.717, 1.165) is 44.2 Å². The highest BCUT2D eigenvalue weighted by atomic mass is 16.5. The Morgan fingerprint density at radius 1 is 1.53 bits per heavy atom. The normalized spacial score (nSPS) is 18.5. The van der Waals surface area contributed by atoms with Gasteiger partial charge in [0.1, 0.15) is 0 Å². The Morgan fingerprint density at radius 3 is 2.95 bits per heavy atom. The lowest BCUT2D eigenvalue weighted by molar-refractivity contribution is 0.0698. The monoisotopic (exact) mass is 267 g/mol. The number of aromatic nitrogens is 2. The third kappa shape index (κ3) is 3.94. The van der Waals surface area contributed by atoms with Gasteiger partial charge in [-0.3, -0.25) is 0 Å². The number of anilines is 1. The average molecular weight is 267 g/mol. The van der Waals surface area contributed by atoms with E-state index >= 15 is 0 Å². The van der Waals surface area contributed by atoms with Crippen LogP contribution in [0.1, 0.15) is 31.5 Å². The summed E-state index contributed by atoms with van der Waals surface area (Å²) >= 11 is 0. The van der Waals surface area contributed by atoms with E-state index < -0.39 is 0 Å². The van der Waals surface area contributed by atoms with E-state index in [9.17, 15) is 0 Å². The minimum absolute atomic E-state index is 0.295. The van der Waals surface area contributed by atoms with Gasteiger partial charge in [-0.25, -0.2) is 4.98 Å². The Labute approximate surface area is 115 Å². The van der Waals surface area contributed by atoms with Gasteiger partial charge in [-0.05, 0) is 32.6 Å². The molecule has 19 heavy (non-hydrogen) atoms. The van der Waals surface area contributed by atoms with Crippen molar-refractivity contribution in [1.29, 1.82) is 0 Å². The first-order chi connectivity index (χ1) is 9.20. The first kappa shape index (κ1) is 14.3. The molecule has 1 saturated heterocycles. The number of nitrogens with zero attached hydrogens (tertiary/aromatic N) is 2. The van der Waals surface area contributed by atoms with Gasteiger partial charge in [0.05, 0.1) is 18.3 Å². The van der Waals surface area contributed by atoms with Gasteiger partial charge < -0.3 is 19.4 Å². The molecule has 5 nitrogen and oxygen atoms in total. The molecule has 0 spiro atoms. The van der Waals surface area contributed by atoms with Crippen LogP contribution in [0, 0.1) is 12.8 Å². The molecular formula is C14H25N3O2. The Bertz CT molecular complexity index is 386. The quantitative estimate of drug-likeness (QED) is 0.858. The third-order valence-electron chi connectivity index (χ3n) is 3.63. The zero-order valence-electron chi connectivity index (χ0n) is 12.2. The van der Waals surface area contributed by atoms with E-state index in [2.05, 4.69) is 28.0 Å². The number of rotatable bonds is 6. The molecule has 0 saturated carbocycles. The smallest absolute Gasteiger partial charge is 0.203 e. The maximum absolute atomic E-state index is 5.38. The highest BCUT2D eigenvalue weighted by Gasteiger charge is 2.16. The van der Waals surface area contributed by atoms with Gasteiger partial charge in [0.25, 0.3) is 0 Å². The van der Waals surface area contributed by atoms with Gasteiger partial charge in [-0.2, -0.15) is 0 Å². The van der Waals surface area contributed by atoms with Crippen LogP contribution in [0.2, 0.25) is 0 Å². The molecule has 0 amide bonds. The van der Waals surface area contributed by atoms with Crippen molar-refractivity contribution in [3.05, 3.63) is 11.9 Å². The van der Waals surface area contributed by atoms with Gasteiger partial charge in [-0.1, -0.05) is 0 Å². The molecule has 0 bridgehead atoms. The summed E-state index contributed by atoms with van der Waals surface area (Å²) in [5.41, 5.74) is 1.04. The van der Waals surface area contributed by atoms with Crippen molar-refractivity contribution in [1.82, 2.24) is 9.55 Å². The predicted octanol–water partition coefficient (Wildman–Crippen LogP) is 2.24. The summed E-state index contributed by atoms with van der Waals surface area (Å²) in [7, 11) is 1.73. The van der Waals surface area contributed by atoms with Crippen LogP contribution < -0.4 is 5.32 Å². The van der Waals surface area contributed by atoms with Crippen LogP contribution in [-0.4, -0.2) is 43.0 Å². The van der Waals surface area contributed by atoms with Gasteiger partial charge in [-0.15, -0.1) is 0 Å². The van der Waals surface area contributed by atoms with E-state index in [0.29, 0.717) is 18.6 Å². The van der Waals surface area contributed by atoms with Crippen molar-refractivity contribution < 1.29 is 9.47 Å². The summed E-state index contributed by atoms with van der Waals surface area (Å²) < 4.78 is 12.8. The largest absolute Gasteiger partial charge is 0.383 e. The maximum atomic E-state index is 5.38. The molecule has 1 aromatic heterocycles. The summed E-state index contributed by atoms with van der Waals surface area (Å²) in [6.07, 6.45) is 4.36. The molecule has 1 N–H and O–H groups in total. The number of aryl methyl sites for hydroxylation is 1. The number of methoxy groups -OCH3 is 1. The Hall–Kier alpha value is -1.07.